The van der Waals surface area contributed by atoms with Gasteiger partial charge in [0.15, 0.2) is 6.10 Å². The maximum atomic E-state index is 10.8. The van der Waals surface area contributed by atoms with Gasteiger partial charge in [0.05, 0.1) is 7.11 Å². The zero-order chi connectivity index (χ0) is 10.4. The standard InChI is InChI=1S/C11H12O3/c1-14-11(13)10(12)8-7-9-5-3-2-4-6-9/h2-8,10,12H,1H3/b8-7+/t10-/m1/s1. The highest BCUT2D eigenvalue weighted by Gasteiger charge is 2.09. The highest BCUT2D eigenvalue weighted by molar-refractivity contribution is 5.77. The molecule has 0 bridgehead atoms. The number of benzene rings is 1. The molecule has 0 aliphatic heterocycles. The Morgan fingerprint density at radius 3 is 2.64 bits per heavy atom. The van der Waals surface area contributed by atoms with Crippen molar-refractivity contribution in [2.75, 3.05) is 7.11 Å². The summed E-state index contributed by atoms with van der Waals surface area (Å²) < 4.78 is 4.36. The van der Waals surface area contributed by atoms with Gasteiger partial charge >= 0.3 is 5.97 Å². The fourth-order valence-corrected chi connectivity index (χ4v) is 0.966. The van der Waals surface area contributed by atoms with E-state index >= 15 is 0 Å². The Bertz CT molecular complexity index is 317. The van der Waals surface area contributed by atoms with E-state index in [-0.39, 0.29) is 0 Å². The Balaban J connectivity index is 2.60. The summed E-state index contributed by atoms with van der Waals surface area (Å²) in [4.78, 5) is 10.8. The summed E-state index contributed by atoms with van der Waals surface area (Å²) >= 11 is 0. The lowest BCUT2D eigenvalue weighted by atomic mass is 10.2. The molecule has 3 heteroatoms. The Hall–Kier alpha value is -1.61. The van der Waals surface area contributed by atoms with E-state index in [0.29, 0.717) is 0 Å². The van der Waals surface area contributed by atoms with Crippen molar-refractivity contribution in [3.63, 3.8) is 0 Å². The minimum absolute atomic E-state index is 0.655. The summed E-state index contributed by atoms with van der Waals surface area (Å²) in [5.41, 5.74) is 0.926. The average molecular weight is 192 g/mol. The van der Waals surface area contributed by atoms with Crippen LogP contribution in [0.4, 0.5) is 0 Å². The first-order chi connectivity index (χ1) is 6.74. The van der Waals surface area contributed by atoms with Crippen LogP contribution in [0.2, 0.25) is 0 Å². The summed E-state index contributed by atoms with van der Waals surface area (Å²) in [6.07, 6.45) is 1.86. The summed E-state index contributed by atoms with van der Waals surface area (Å²) in [7, 11) is 1.24. The molecule has 1 aromatic rings. The van der Waals surface area contributed by atoms with Gasteiger partial charge in [0.25, 0.3) is 0 Å². The minimum atomic E-state index is -1.19. The monoisotopic (exact) mass is 192 g/mol. The van der Waals surface area contributed by atoms with Crippen molar-refractivity contribution in [1.82, 2.24) is 0 Å². The number of esters is 1. The molecule has 0 aliphatic rings. The Labute approximate surface area is 82.6 Å². The summed E-state index contributed by atoms with van der Waals surface area (Å²) in [6.45, 7) is 0. The van der Waals surface area contributed by atoms with Gasteiger partial charge in [0.1, 0.15) is 0 Å². The van der Waals surface area contributed by atoms with Crippen LogP contribution in [-0.2, 0) is 9.53 Å². The van der Waals surface area contributed by atoms with Crippen LogP contribution >= 0.6 is 0 Å². The topological polar surface area (TPSA) is 46.5 Å². The lowest BCUT2D eigenvalue weighted by molar-refractivity contribution is -0.147. The van der Waals surface area contributed by atoms with E-state index in [1.165, 1.54) is 13.2 Å². The van der Waals surface area contributed by atoms with Gasteiger partial charge in [-0.15, -0.1) is 0 Å². The first-order valence-electron chi connectivity index (χ1n) is 4.23. The van der Waals surface area contributed by atoms with Gasteiger partial charge < -0.3 is 9.84 Å². The van der Waals surface area contributed by atoms with Gasteiger partial charge in [0.2, 0.25) is 0 Å². The third-order valence-corrected chi connectivity index (χ3v) is 1.71. The van der Waals surface area contributed by atoms with Crippen LogP contribution in [0.25, 0.3) is 6.08 Å². The highest BCUT2D eigenvalue weighted by atomic mass is 16.5. The second-order valence-electron chi connectivity index (χ2n) is 2.74. The highest BCUT2D eigenvalue weighted by Crippen LogP contribution is 2.02. The van der Waals surface area contributed by atoms with Gasteiger partial charge in [-0.05, 0) is 11.6 Å². The number of rotatable bonds is 3. The van der Waals surface area contributed by atoms with Gasteiger partial charge in [0, 0.05) is 0 Å². The molecule has 1 rings (SSSR count). The minimum Gasteiger partial charge on any atom is -0.467 e. The second-order valence-corrected chi connectivity index (χ2v) is 2.74. The van der Waals surface area contributed by atoms with E-state index in [4.69, 9.17) is 0 Å². The molecule has 0 unspecified atom stereocenters. The van der Waals surface area contributed by atoms with Gasteiger partial charge in [-0.2, -0.15) is 0 Å². The summed E-state index contributed by atoms with van der Waals surface area (Å²) in [5.74, 6) is -0.655. The smallest absolute Gasteiger partial charge is 0.338 e. The molecule has 3 nitrogen and oxygen atoms in total. The van der Waals surface area contributed by atoms with Gasteiger partial charge in [-0.3, -0.25) is 0 Å². The second kappa shape index (κ2) is 5.19. The lowest BCUT2D eigenvalue weighted by Gasteiger charge is -2.01. The normalized spacial score (nSPS) is 12.7. The first kappa shape index (κ1) is 10.5. The largest absolute Gasteiger partial charge is 0.467 e. The fraction of sp³-hybridized carbons (Fsp3) is 0.182. The Morgan fingerprint density at radius 2 is 2.07 bits per heavy atom. The van der Waals surface area contributed by atoms with Crippen LogP contribution in [0.5, 0.6) is 0 Å². The number of aliphatic hydroxyl groups is 1. The number of carbonyl (C=O) groups is 1. The predicted molar refractivity (Wildman–Crippen MR) is 53.5 cm³/mol. The number of hydrogen-bond donors (Lipinski definition) is 1. The number of hydrogen-bond acceptors (Lipinski definition) is 3. The van der Waals surface area contributed by atoms with Crippen LogP contribution in [0.1, 0.15) is 5.56 Å². The van der Waals surface area contributed by atoms with Crippen molar-refractivity contribution < 1.29 is 14.6 Å². The molecule has 0 fully saturated rings. The molecule has 0 saturated heterocycles. The Kier molecular flexibility index (Phi) is 3.88. The zero-order valence-electron chi connectivity index (χ0n) is 7.88. The third-order valence-electron chi connectivity index (χ3n) is 1.71. The quantitative estimate of drug-likeness (QED) is 0.733. The molecule has 0 saturated carbocycles. The fourth-order valence-electron chi connectivity index (χ4n) is 0.966. The molecule has 14 heavy (non-hydrogen) atoms. The van der Waals surface area contributed by atoms with Crippen molar-refractivity contribution in [3.05, 3.63) is 42.0 Å². The van der Waals surface area contributed by atoms with Crippen LogP contribution in [-0.4, -0.2) is 24.3 Å². The molecule has 0 heterocycles. The van der Waals surface area contributed by atoms with Crippen LogP contribution in [0, 0.1) is 0 Å². The van der Waals surface area contributed by atoms with Crippen molar-refractivity contribution in [2.24, 2.45) is 0 Å². The zero-order valence-corrected chi connectivity index (χ0v) is 7.88. The van der Waals surface area contributed by atoms with E-state index in [2.05, 4.69) is 4.74 Å². The molecule has 0 spiro atoms. The molecule has 1 aromatic carbocycles. The first-order valence-corrected chi connectivity index (χ1v) is 4.23. The predicted octanol–water partition coefficient (Wildman–Crippen LogP) is 1.23. The van der Waals surface area contributed by atoms with Crippen LogP contribution in [0.15, 0.2) is 36.4 Å². The molecule has 0 radical (unpaired) electrons. The molecular formula is C11H12O3. The van der Waals surface area contributed by atoms with Crippen molar-refractivity contribution >= 4 is 12.0 Å². The number of carbonyl (C=O) groups excluding carboxylic acids is 1. The van der Waals surface area contributed by atoms with E-state index in [0.717, 1.165) is 5.56 Å². The van der Waals surface area contributed by atoms with Gasteiger partial charge in [-0.25, -0.2) is 4.79 Å². The molecule has 1 N–H and O–H groups in total. The molecule has 0 aliphatic carbocycles. The van der Waals surface area contributed by atoms with E-state index in [9.17, 15) is 9.90 Å². The average Bonchev–Trinajstić information content (AvgIpc) is 2.26. The summed E-state index contributed by atoms with van der Waals surface area (Å²) in [6, 6.07) is 9.41. The molecule has 0 aromatic heterocycles. The van der Waals surface area contributed by atoms with Crippen molar-refractivity contribution in [1.29, 1.82) is 0 Å². The maximum absolute atomic E-state index is 10.8. The number of aliphatic hydroxyl groups excluding tert-OH is 1. The van der Waals surface area contributed by atoms with Gasteiger partial charge in [-0.1, -0.05) is 36.4 Å². The third kappa shape index (κ3) is 3.03. The number of methoxy groups -OCH3 is 1. The molecule has 1 atom stereocenters. The van der Waals surface area contributed by atoms with Crippen molar-refractivity contribution in [2.45, 2.75) is 6.10 Å². The molecule has 74 valence electrons. The molecular weight excluding hydrogens is 180 g/mol. The SMILES string of the molecule is COC(=O)[C@H](O)/C=C/c1ccccc1. The van der Waals surface area contributed by atoms with E-state index in [1.807, 2.05) is 30.3 Å². The van der Waals surface area contributed by atoms with E-state index < -0.39 is 12.1 Å². The van der Waals surface area contributed by atoms with Crippen LogP contribution < -0.4 is 0 Å². The van der Waals surface area contributed by atoms with E-state index in [1.54, 1.807) is 6.08 Å². The number of ether oxygens (including phenoxy) is 1. The Morgan fingerprint density at radius 1 is 1.43 bits per heavy atom. The van der Waals surface area contributed by atoms with Crippen LogP contribution in [0.3, 0.4) is 0 Å². The lowest BCUT2D eigenvalue weighted by Crippen LogP contribution is -2.18. The summed E-state index contributed by atoms with van der Waals surface area (Å²) in [5, 5.41) is 9.22. The van der Waals surface area contributed by atoms with Crippen molar-refractivity contribution in [3.8, 4) is 0 Å². The molecule has 0 amide bonds. The maximum Gasteiger partial charge on any atom is 0.338 e.